The molecule has 0 aliphatic heterocycles. The fourth-order valence-corrected chi connectivity index (χ4v) is 2.02. The maximum Gasteiger partial charge on any atom is 0.00696 e. The van der Waals surface area contributed by atoms with Crippen LogP contribution in [0.5, 0.6) is 0 Å². The first-order valence-corrected chi connectivity index (χ1v) is 5.47. The predicted molar refractivity (Wildman–Crippen MR) is 56.1 cm³/mol. The first kappa shape index (κ1) is 12.0. The smallest absolute Gasteiger partial charge is 0.00696 e. The maximum atomic E-state index is 5.98. The Morgan fingerprint density at radius 1 is 1.08 bits per heavy atom. The molecule has 1 nitrogen and oxygen atoms in total. The van der Waals surface area contributed by atoms with Gasteiger partial charge in [-0.15, -0.1) is 0 Å². The van der Waals surface area contributed by atoms with Gasteiger partial charge in [-0.05, 0) is 24.7 Å². The fourth-order valence-electron chi connectivity index (χ4n) is 2.02. The summed E-state index contributed by atoms with van der Waals surface area (Å²) in [5, 5.41) is 0. The van der Waals surface area contributed by atoms with Crippen LogP contribution in [0.1, 0.15) is 53.4 Å². The summed E-state index contributed by atoms with van der Waals surface area (Å²) in [5.41, 5.74) is 5.98. The zero-order valence-corrected chi connectivity index (χ0v) is 9.14. The highest BCUT2D eigenvalue weighted by molar-refractivity contribution is 4.79. The Morgan fingerprint density at radius 2 is 1.58 bits per heavy atom. The molecule has 0 aromatic rings. The van der Waals surface area contributed by atoms with E-state index >= 15 is 0 Å². The quantitative estimate of drug-likeness (QED) is 0.644. The number of rotatable bonds is 1. The summed E-state index contributed by atoms with van der Waals surface area (Å²) in [4.78, 5) is 0. The fraction of sp³-hybridized carbons (Fsp3) is 1.00. The Kier molecular flexibility index (Phi) is 6.45. The molecular weight excluding hydrogens is 146 g/mol. The maximum absolute atomic E-state index is 5.98. The van der Waals surface area contributed by atoms with Crippen molar-refractivity contribution in [2.75, 3.05) is 0 Å². The Bertz CT molecular complexity index is 99.2. The summed E-state index contributed by atoms with van der Waals surface area (Å²) in [6, 6.07) is 0.494. The van der Waals surface area contributed by atoms with Crippen LogP contribution in [-0.4, -0.2) is 6.04 Å². The summed E-state index contributed by atoms with van der Waals surface area (Å²) in [6.07, 6.45) is 5.36. The topological polar surface area (TPSA) is 26.0 Å². The van der Waals surface area contributed by atoms with Gasteiger partial charge in [0, 0.05) is 6.04 Å². The first-order valence-electron chi connectivity index (χ1n) is 5.47. The van der Waals surface area contributed by atoms with Crippen molar-refractivity contribution >= 4 is 0 Å². The highest BCUT2D eigenvalue weighted by atomic mass is 14.7. The van der Waals surface area contributed by atoms with E-state index in [0.717, 1.165) is 11.8 Å². The minimum absolute atomic E-state index is 0.494. The van der Waals surface area contributed by atoms with Crippen molar-refractivity contribution < 1.29 is 0 Å². The van der Waals surface area contributed by atoms with E-state index in [1.54, 1.807) is 0 Å². The Labute approximate surface area is 77.7 Å². The Balaban J connectivity index is 0.000000561. The summed E-state index contributed by atoms with van der Waals surface area (Å²) < 4.78 is 0. The lowest BCUT2D eigenvalue weighted by Gasteiger charge is -2.31. The number of hydrogen-bond donors (Lipinski definition) is 1. The van der Waals surface area contributed by atoms with Crippen molar-refractivity contribution in [2.24, 2.45) is 17.6 Å². The summed E-state index contributed by atoms with van der Waals surface area (Å²) >= 11 is 0. The molecule has 0 amide bonds. The number of nitrogens with two attached hydrogens (primary N) is 1. The van der Waals surface area contributed by atoms with E-state index in [-0.39, 0.29) is 0 Å². The van der Waals surface area contributed by atoms with Crippen molar-refractivity contribution in [3.8, 4) is 0 Å². The lowest BCUT2D eigenvalue weighted by atomic mass is 9.78. The Hall–Kier alpha value is -0.0400. The second-order valence-electron chi connectivity index (χ2n) is 3.86. The van der Waals surface area contributed by atoms with Gasteiger partial charge in [0.15, 0.2) is 0 Å². The van der Waals surface area contributed by atoms with E-state index in [2.05, 4.69) is 13.8 Å². The molecular formula is C11H25N. The normalized spacial score (nSPS) is 29.5. The van der Waals surface area contributed by atoms with E-state index in [9.17, 15) is 0 Å². The van der Waals surface area contributed by atoms with Gasteiger partial charge in [-0.1, -0.05) is 40.5 Å². The van der Waals surface area contributed by atoms with Gasteiger partial charge >= 0.3 is 0 Å². The van der Waals surface area contributed by atoms with Crippen LogP contribution in [0.3, 0.4) is 0 Å². The average Bonchev–Trinajstić information content (AvgIpc) is 2.08. The van der Waals surface area contributed by atoms with Gasteiger partial charge in [0.1, 0.15) is 0 Å². The second kappa shape index (κ2) is 6.47. The molecule has 0 radical (unpaired) electrons. The minimum atomic E-state index is 0.494. The molecule has 0 heterocycles. The van der Waals surface area contributed by atoms with Crippen LogP contribution < -0.4 is 5.73 Å². The van der Waals surface area contributed by atoms with E-state index < -0.39 is 0 Å². The zero-order valence-electron chi connectivity index (χ0n) is 9.14. The molecule has 2 N–H and O–H groups in total. The monoisotopic (exact) mass is 171 g/mol. The lowest BCUT2D eigenvalue weighted by Crippen LogP contribution is -2.35. The molecule has 1 aliphatic carbocycles. The third-order valence-electron chi connectivity index (χ3n) is 2.73. The molecule has 0 aromatic carbocycles. The van der Waals surface area contributed by atoms with Crippen LogP contribution >= 0.6 is 0 Å². The largest absolute Gasteiger partial charge is 0.327 e. The van der Waals surface area contributed by atoms with Crippen molar-refractivity contribution in [2.45, 2.75) is 59.4 Å². The molecule has 2 unspecified atom stereocenters. The first-order chi connectivity index (χ1) is 5.72. The molecule has 1 saturated carbocycles. The molecule has 2 atom stereocenters. The molecule has 0 bridgehead atoms. The van der Waals surface area contributed by atoms with Crippen molar-refractivity contribution in [1.29, 1.82) is 0 Å². The third kappa shape index (κ3) is 3.57. The summed E-state index contributed by atoms with van der Waals surface area (Å²) in [5.74, 6) is 1.59. The van der Waals surface area contributed by atoms with Crippen LogP contribution in [0.4, 0.5) is 0 Å². The molecule has 1 aliphatic rings. The van der Waals surface area contributed by atoms with Crippen LogP contribution in [0.15, 0.2) is 0 Å². The van der Waals surface area contributed by atoms with Crippen molar-refractivity contribution in [3.63, 3.8) is 0 Å². The second-order valence-corrected chi connectivity index (χ2v) is 3.86. The summed E-state index contributed by atoms with van der Waals surface area (Å²) in [6.45, 7) is 8.58. The van der Waals surface area contributed by atoms with Gasteiger partial charge in [-0.25, -0.2) is 0 Å². The summed E-state index contributed by atoms with van der Waals surface area (Å²) in [7, 11) is 0. The molecule has 0 spiro atoms. The highest BCUT2D eigenvalue weighted by Gasteiger charge is 2.23. The molecule has 74 valence electrons. The molecule has 0 aromatic heterocycles. The van der Waals surface area contributed by atoms with Gasteiger partial charge in [0.25, 0.3) is 0 Å². The van der Waals surface area contributed by atoms with Crippen LogP contribution in [0.2, 0.25) is 0 Å². The predicted octanol–water partition coefficient (Wildman–Crippen LogP) is 3.19. The van der Waals surface area contributed by atoms with E-state index in [4.69, 9.17) is 5.73 Å². The van der Waals surface area contributed by atoms with Gasteiger partial charge < -0.3 is 5.73 Å². The lowest BCUT2D eigenvalue weighted by molar-refractivity contribution is 0.240. The standard InChI is InChI=1S/C9H19N.C2H6/c1-7(2)8-5-3-4-6-9(8)10;1-2/h7-9H,3-6,10H2,1-2H3;1-2H3. The van der Waals surface area contributed by atoms with Gasteiger partial charge in [0.05, 0.1) is 0 Å². The third-order valence-corrected chi connectivity index (χ3v) is 2.73. The highest BCUT2D eigenvalue weighted by Crippen LogP contribution is 2.28. The van der Waals surface area contributed by atoms with Gasteiger partial charge in [-0.3, -0.25) is 0 Å². The van der Waals surface area contributed by atoms with E-state index in [1.165, 1.54) is 25.7 Å². The van der Waals surface area contributed by atoms with Crippen LogP contribution in [-0.2, 0) is 0 Å². The molecule has 1 rings (SSSR count). The van der Waals surface area contributed by atoms with E-state index in [1.807, 2.05) is 13.8 Å². The van der Waals surface area contributed by atoms with E-state index in [0.29, 0.717) is 6.04 Å². The minimum Gasteiger partial charge on any atom is -0.327 e. The molecule has 1 heteroatoms. The van der Waals surface area contributed by atoms with Crippen LogP contribution in [0, 0.1) is 11.8 Å². The molecule has 12 heavy (non-hydrogen) atoms. The SMILES string of the molecule is CC.CC(C)C1CCCCC1N. The van der Waals surface area contributed by atoms with Crippen molar-refractivity contribution in [1.82, 2.24) is 0 Å². The van der Waals surface area contributed by atoms with Gasteiger partial charge in [0.2, 0.25) is 0 Å². The van der Waals surface area contributed by atoms with Crippen LogP contribution in [0.25, 0.3) is 0 Å². The number of hydrogen-bond acceptors (Lipinski definition) is 1. The van der Waals surface area contributed by atoms with Gasteiger partial charge in [-0.2, -0.15) is 0 Å². The molecule has 1 fully saturated rings. The Morgan fingerprint density at radius 3 is 1.92 bits per heavy atom. The van der Waals surface area contributed by atoms with Crippen molar-refractivity contribution in [3.05, 3.63) is 0 Å². The molecule has 0 saturated heterocycles. The zero-order chi connectivity index (χ0) is 9.56. The average molecular weight is 171 g/mol.